The SMILES string of the molecule is CCc1ccc(CC(NC)c2ccc(Br)cc2C)nc1. The molecule has 2 aromatic rings. The summed E-state index contributed by atoms with van der Waals surface area (Å²) in [6.07, 6.45) is 3.92. The van der Waals surface area contributed by atoms with Crippen LogP contribution in [-0.2, 0) is 12.8 Å². The summed E-state index contributed by atoms with van der Waals surface area (Å²) in [4.78, 5) is 4.56. The number of halogens is 1. The van der Waals surface area contributed by atoms with Gasteiger partial charge in [-0.2, -0.15) is 0 Å². The molecule has 1 N–H and O–H groups in total. The lowest BCUT2D eigenvalue weighted by atomic mass is 9.97. The molecule has 0 amide bonds. The van der Waals surface area contributed by atoms with E-state index in [-0.39, 0.29) is 0 Å². The number of pyridine rings is 1. The summed E-state index contributed by atoms with van der Waals surface area (Å²) in [5.74, 6) is 0. The number of nitrogens with zero attached hydrogens (tertiary/aromatic N) is 1. The smallest absolute Gasteiger partial charge is 0.0422 e. The van der Waals surface area contributed by atoms with E-state index in [0.29, 0.717) is 6.04 Å². The maximum absolute atomic E-state index is 4.56. The third-order valence-corrected chi connectivity index (χ3v) is 4.16. The number of benzene rings is 1. The fourth-order valence-electron chi connectivity index (χ4n) is 2.39. The Kier molecular flexibility index (Phi) is 5.32. The van der Waals surface area contributed by atoms with Crippen LogP contribution in [0.1, 0.15) is 35.3 Å². The van der Waals surface area contributed by atoms with E-state index >= 15 is 0 Å². The van der Waals surface area contributed by atoms with E-state index in [0.717, 1.165) is 23.0 Å². The number of nitrogens with one attached hydrogen (secondary N) is 1. The molecule has 0 aliphatic carbocycles. The second-order valence-electron chi connectivity index (χ2n) is 5.06. The van der Waals surface area contributed by atoms with Crippen molar-refractivity contribution in [3.05, 3.63) is 63.4 Å². The van der Waals surface area contributed by atoms with Crippen LogP contribution < -0.4 is 5.32 Å². The largest absolute Gasteiger partial charge is 0.313 e. The van der Waals surface area contributed by atoms with Crippen molar-refractivity contribution in [3.63, 3.8) is 0 Å². The third kappa shape index (κ3) is 3.68. The Labute approximate surface area is 129 Å². The second kappa shape index (κ2) is 7.00. The van der Waals surface area contributed by atoms with Gasteiger partial charge in [0.05, 0.1) is 0 Å². The van der Waals surface area contributed by atoms with E-state index in [4.69, 9.17) is 0 Å². The summed E-state index contributed by atoms with van der Waals surface area (Å²) in [6.45, 7) is 4.30. The molecule has 0 aliphatic heterocycles. The Balaban J connectivity index is 2.19. The number of likely N-dealkylation sites (N-methyl/N-ethyl adjacent to an activating group) is 1. The Morgan fingerprint density at radius 2 is 2.05 bits per heavy atom. The zero-order chi connectivity index (χ0) is 14.5. The molecule has 0 radical (unpaired) electrons. The van der Waals surface area contributed by atoms with Crippen LogP contribution >= 0.6 is 15.9 Å². The molecule has 0 bridgehead atoms. The first-order valence-electron chi connectivity index (χ1n) is 7.01. The highest BCUT2D eigenvalue weighted by Gasteiger charge is 2.13. The minimum atomic E-state index is 0.295. The molecule has 0 fully saturated rings. The highest BCUT2D eigenvalue weighted by atomic mass is 79.9. The van der Waals surface area contributed by atoms with E-state index < -0.39 is 0 Å². The van der Waals surface area contributed by atoms with Gasteiger partial charge in [0.15, 0.2) is 0 Å². The predicted molar refractivity (Wildman–Crippen MR) is 88.0 cm³/mol. The number of hydrogen-bond donors (Lipinski definition) is 1. The van der Waals surface area contributed by atoms with E-state index in [1.807, 2.05) is 13.2 Å². The lowest BCUT2D eigenvalue weighted by molar-refractivity contribution is 0.581. The fourth-order valence-corrected chi connectivity index (χ4v) is 2.87. The number of aromatic nitrogens is 1. The van der Waals surface area contributed by atoms with Crippen LogP contribution in [-0.4, -0.2) is 12.0 Å². The first-order chi connectivity index (χ1) is 9.63. The summed E-state index contributed by atoms with van der Waals surface area (Å²) < 4.78 is 1.12. The van der Waals surface area contributed by atoms with Crippen molar-refractivity contribution in [1.82, 2.24) is 10.3 Å². The van der Waals surface area contributed by atoms with Crippen LogP contribution in [0.5, 0.6) is 0 Å². The zero-order valence-electron chi connectivity index (χ0n) is 12.3. The Morgan fingerprint density at radius 1 is 1.25 bits per heavy atom. The van der Waals surface area contributed by atoms with E-state index in [1.165, 1.54) is 16.7 Å². The third-order valence-electron chi connectivity index (χ3n) is 3.66. The summed E-state index contributed by atoms with van der Waals surface area (Å²) in [5, 5.41) is 3.40. The van der Waals surface area contributed by atoms with Gasteiger partial charge < -0.3 is 5.32 Å². The van der Waals surface area contributed by atoms with Crippen molar-refractivity contribution in [2.45, 2.75) is 32.7 Å². The van der Waals surface area contributed by atoms with Gasteiger partial charge in [0.1, 0.15) is 0 Å². The lowest BCUT2D eigenvalue weighted by Gasteiger charge is -2.19. The molecule has 2 rings (SSSR count). The van der Waals surface area contributed by atoms with Crippen LogP contribution in [0.4, 0.5) is 0 Å². The van der Waals surface area contributed by atoms with Gasteiger partial charge in [0, 0.05) is 28.8 Å². The van der Waals surface area contributed by atoms with Crippen LogP contribution in [0, 0.1) is 6.92 Å². The van der Waals surface area contributed by atoms with Crippen LogP contribution in [0.3, 0.4) is 0 Å². The van der Waals surface area contributed by atoms with Gasteiger partial charge >= 0.3 is 0 Å². The van der Waals surface area contributed by atoms with E-state index in [2.05, 4.69) is 70.4 Å². The van der Waals surface area contributed by atoms with Gasteiger partial charge in [-0.25, -0.2) is 0 Å². The van der Waals surface area contributed by atoms with Crippen molar-refractivity contribution < 1.29 is 0 Å². The molecule has 1 aromatic carbocycles. The number of hydrogen-bond acceptors (Lipinski definition) is 2. The Morgan fingerprint density at radius 3 is 2.60 bits per heavy atom. The highest BCUT2D eigenvalue weighted by molar-refractivity contribution is 9.10. The average Bonchev–Trinajstić information content (AvgIpc) is 2.46. The summed E-state index contributed by atoms with van der Waals surface area (Å²) in [6, 6.07) is 11.0. The maximum Gasteiger partial charge on any atom is 0.0422 e. The van der Waals surface area contributed by atoms with Crippen LogP contribution in [0.25, 0.3) is 0 Å². The lowest BCUT2D eigenvalue weighted by Crippen LogP contribution is -2.20. The molecule has 0 spiro atoms. The summed E-state index contributed by atoms with van der Waals surface area (Å²) in [7, 11) is 2.01. The first-order valence-corrected chi connectivity index (χ1v) is 7.80. The quantitative estimate of drug-likeness (QED) is 0.886. The molecule has 0 saturated heterocycles. The number of rotatable bonds is 5. The molecule has 0 saturated carbocycles. The van der Waals surface area contributed by atoms with E-state index in [1.54, 1.807) is 0 Å². The minimum absolute atomic E-state index is 0.295. The normalized spacial score (nSPS) is 12.4. The minimum Gasteiger partial charge on any atom is -0.313 e. The maximum atomic E-state index is 4.56. The standard InChI is InChI=1S/C17H21BrN2/c1-4-13-5-7-15(20-11-13)10-17(19-3)16-8-6-14(18)9-12(16)2/h5-9,11,17,19H,4,10H2,1-3H3. The topological polar surface area (TPSA) is 24.9 Å². The molecular weight excluding hydrogens is 312 g/mol. The monoisotopic (exact) mass is 332 g/mol. The summed E-state index contributed by atoms with van der Waals surface area (Å²) in [5.41, 5.74) is 5.04. The second-order valence-corrected chi connectivity index (χ2v) is 5.97. The molecule has 20 heavy (non-hydrogen) atoms. The van der Waals surface area contributed by atoms with Crippen LogP contribution in [0.15, 0.2) is 41.0 Å². The predicted octanol–water partition coefficient (Wildman–Crippen LogP) is 4.22. The van der Waals surface area contributed by atoms with Gasteiger partial charge in [0.2, 0.25) is 0 Å². The molecule has 3 heteroatoms. The van der Waals surface area contributed by atoms with Crippen LogP contribution in [0.2, 0.25) is 0 Å². The summed E-state index contributed by atoms with van der Waals surface area (Å²) >= 11 is 3.52. The average molecular weight is 333 g/mol. The van der Waals surface area contributed by atoms with Crippen molar-refractivity contribution in [2.24, 2.45) is 0 Å². The zero-order valence-corrected chi connectivity index (χ0v) is 13.9. The van der Waals surface area contributed by atoms with E-state index in [9.17, 15) is 0 Å². The Bertz CT molecular complexity index is 564. The number of aryl methyl sites for hydroxylation is 2. The molecule has 2 nitrogen and oxygen atoms in total. The molecule has 1 heterocycles. The molecule has 1 aromatic heterocycles. The van der Waals surface area contributed by atoms with Crippen molar-refractivity contribution in [2.75, 3.05) is 7.05 Å². The molecule has 106 valence electrons. The Hall–Kier alpha value is -1.19. The van der Waals surface area contributed by atoms with Gasteiger partial charge in [-0.05, 0) is 55.3 Å². The van der Waals surface area contributed by atoms with Gasteiger partial charge in [-0.15, -0.1) is 0 Å². The molecule has 0 aliphatic rings. The van der Waals surface area contributed by atoms with Crippen molar-refractivity contribution in [3.8, 4) is 0 Å². The molecular formula is C17H21BrN2. The fraction of sp³-hybridized carbons (Fsp3) is 0.353. The van der Waals surface area contributed by atoms with Gasteiger partial charge in [-0.3, -0.25) is 4.98 Å². The van der Waals surface area contributed by atoms with Crippen molar-refractivity contribution >= 4 is 15.9 Å². The molecule has 1 atom stereocenters. The first kappa shape index (κ1) is 15.2. The molecule has 1 unspecified atom stereocenters. The highest BCUT2D eigenvalue weighted by Crippen LogP contribution is 2.24. The van der Waals surface area contributed by atoms with Gasteiger partial charge in [0.25, 0.3) is 0 Å². The van der Waals surface area contributed by atoms with Crippen molar-refractivity contribution in [1.29, 1.82) is 0 Å². The van der Waals surface area contributed by atoms with Gasteiger partial charge in [-0.1, -0.05) is 35.0 Å².